The number of rotatable bonds is 4. The molecule has 4 nitrogen and oxygen atoms in total. The standard InChI is InChI=1S/C17H14FN3O/c18-14-6-4-5-13(11-14)12-17(22)19-16-9-10-21(20-16)15-7-2-1-3-8-15/h1-11H,12H2,(H,19,20,22). The molecule has 0 aliphatic heterocycles. The highest BCUT2D eigenvalue weighted by Crippen LogP contribution is 2.11. The lowest BCUT2D eigenvalue weighted by atomic mass is 10.1. The first-order valence-corrected chi connectivity index (χ1v) is 6.86. The van der Waals surface area contributed by atoms with E-state index in [-0.39, 0.29) is 18.1 Å². The quantitative estimate of drug-likeness (QED) is 0.803. The third-order valence-corrected chi connectivity index (χ3v) is 3.13. The van der Waals surface area contributed by atoms with Crippen LogP contribution in [-0.2, 0) is 11.2 Å². The fraction of sp³-hybridized carbons (Fsp3) is 0.0588. The van der Waals surface area contributed by atoms with Gasteiger partial charge >= 0.3 is 0 Å². The highest BCUT2D eigenvalue weighted by atomic mass is 19.1. The van der Waals surface area contributed by atoms with E-state index in [1.165, 1.54) is 12.1 Å². The monoisotopic (exact) mass is 295 g/mol. The summed E-state index contributed by atoms with van der Waals surface area (Å²) in [5.41, 5.74) is 1.54. The molecule has 0 atom stereocenters. The van der Waals surface area contributed by atoms with Gasteiger partial charge in [-0.3, -0.25) is 4.79 Å². The maximum atomic E-state index is 13.1. The second kappa shape index (κ2) is 6.22. The van der Waals surface area contributed by atoms with E-state index >= 15 is 0 Å². The van der Waals surface area contributed by atoms with Crippen LogP contribution in [0.2, 0.25) is 0 Å². The lowest BCUT2D eigenvalue weighted by molar-refractivity contribution is -0.115. The summed E-state index contributed by atoms with van der Waals surface area (Å²) < 4.78 is 14.8. The maximum absolute atomic E-state index is 13.1. The molecule has 0 spiro atoms. The number of nitrogens with zero attached hydrogens (tertiary/aromatic N) is 2. The predicted molar refractivity (Wildman–Crippen MR) is 82.3 cm³/mol. The van der Waals surface area contributed by atoms with Gasteiger partial charge in [-0.1, -0.05) is 30.3 Å². The third kappa shape index (κ3) is 3.38. The molecule has 0 fully saturated rings. The molecular formula is C17H14FN3O. The first-order valence-electron chi connectivity index (χ1n) is 6.86. The number of aromatic nitrogens is 2. The molecule has 0 bridgehead atoms. The van der Waals surface area contributed by atoms with Crippen LogP contribution in [0.25, 0.3) is 5.69 Å². The lowest BCUT2D eigenvalue weighted by Crippen LogP contribution is -2.15. The number of anilines is 1. The van der Waals surface area contributed by atoms with Crippen molar-refractivity contribution >= 4 is 11.7 Å². The molecule has 0 saturated heterocycles. The van der Waals surface area contributed by atoms with E-state index in [9.17, 15) is 9.18 Å². The summed E-state index contributed by atoms with van der Waals surface area (Å²) in [4.78, 5) is 12.0. The van der Waals surface area contributed by atoms with Crippen molar-refractivity contribution in [2.75, 3.05) is 5.32 Å². The topological polar surface area (TPSA) is 46.9 Å². The number of amides is 1. The summed E-state index contributed by atoms with van der Waals surface area (Å²) in [5, 5.41) is 7.00. The van der Waals surface area contributed by atoms with Gasteiger partial charge < -0.3 is 5.32 Å². The summed E-state index contributed by atoms with van der Waals surface area (Å²) >= 11 is 0. The number of carbonyl (C=O) groups is 1. The Balaban J connectivity index is 1.66. The molecule has 2 aromatic carbocycles. The molecule has 0 aliphatic carbocycles. The summed E-state index contributed by atoms with van der Waals surface area (Å²) in [6, 6.07) is 17.3. The van der Waals surface area contributed by atoms with Crippen LogP contribution in [-0.4, -0.2) is 15.7 Å². The van der Waals surface area contributed by atoms with E-state index in [2.05, 4.69) is 10.4 Å². The number of carbonyl (C=O) groups excluding carboxylic acids is 1. The number of nitrogens with one attached hydrogen (secondary N) is 1. The Morgan fingerprint density at radius 3 is 2.68 bits per heavy atom. The molecule has 0 unspecified atom stereocenters. The Morgan fingerprint density at radius 1 is 1.09 bits per heavy atom. The number of hydrogen-bond acceptors (Lipinski definition) is 2. The first kappa shape index (κ1) is 14.0. The highest BCUT2D eigenvalue weighted by molar-refractivity contribution is 5.91. The van der Waals surface area contributed by atoms with E-state index in [1.54, 1.807) is 29.1 Å². The van der Waals surface area contributed by atoms with Crippen LogP contribution in [0.4, 0.5) is 10.2 Å². The number of benzene rings is 2. The van der Waals surface area contributed by atoms with Crippen molar-refractivity contribution < 1.29 is 9.18 Å². The molecule has 0 radical (unpaired) electrons. The Bertz CT molecular complexity index is 783. The molecule has 0 saturated carbocycles. The molecule has 3 rings (SSSR count). The maximum Gasteiger partial charge on any atom is 0.229 e. The minimum atomic E-state index is -0.348. The van der Waals surface area contributed by atoms with Crippen LogP contribution < -0.4 is 5.32 Å². The van der Waals surface area contributed by atoms with Gasteiger partial charge in [0.25, 0.3) is 0 Å². The fourth-order valence-corrected chi connectivity index (χ4v) is 2.13. The van der Waals surface area contributed by atoms with E-state index in [4.69, 9.17) is 0 Å². The summed E-state index contributed by atoms with van der Waals surface area (Å²) in [7, 11) is 0. The van der Waals surface area contributed by atoms with Crippen molar-refractivity contribution in [2.24, 2.45) is 0 Å². The van der Waals surface area contributed by atoms with Crippen molar-refractivity contribution in [3.63, 3.8) is 0 Å². The van der Waals surface area contributed by atoms with Crippen molar-refractivity contribution in [2.45, 2.75) is 6.42 Å². The Kier molecular flexibility index (Phi) is 3.96. The molecule has 1 N–H and O–H groups in total. The fourth-order valence-electron chi connectivity index (χ4n) is 2.13. The predicted octanol–water partition coefficient (Wildman–Crippen LogP) is 3.19. The van der Waals surface area contributed by atoms with Gasteiger partial charge in [0.15, 0.2) is 5.82 Å². The van der Waals surface area contributed by atoms with Crippen LogP contribution in [0.5, 0.6) is 0 Å². The smallest absolute Gasteiger partial charge is 0.229 e. The van der Waals surface area contributed by atoms with Gasteiger partial charge in [-0.15, -0.1) is 0 Å². The number of hydrogen-bond donors (Lipinski definition) is 1. The van der Waals surface area contributed by atoms with Crippen LogP contribution in [0, 0.1) is 5.82 Å². The molecule has 1 aromatic heterocycles. The Hall–Kier alpha value is -2.95. The number of para-hydroxylation sites is 1. The molecular weight excluding hydrogens is 281 g/mol. The minimum absolute atomic E-state index is 0.107. The molecule has 0 aliphatic rings. The van der Waals surface area contributed by atoms with Crippen LogP contribution in [0.3, 0.4) is 0 Å². The van der Waals surface area contributed by atoms with E-state index < -0.39 is 0 Å². The molecule has 3 aromatic rings. The summed E-state index contributed by atoms with van der Waals surface area (Å²) in [6.07, 6.45) is 1.88. The molecule has 5 heteroatoms. The van der Waals surface area contributed by atoms with Crippen molar-refractivity contribution in [1.29, 1.82) is 0 Å². The van der Waals surface area contributed by atoms with Crippen LogP contribution in [0.1, 0.15) is 5.56 Å². The minimum Gasteiger partial charge on any atom is -0.309 e. The zero-order chi connectivity index (χ0) is 15.4. The van der Waals surface area contributed by atoms with E-state index in [0.29, 0.717) is 11.4 Å². The third-order valence-electron chi connectivity index (χ3n) is 3.13. The normalized spacial score (nSPS) is 10.4. The average molecular weight is 295 g/mol. The largest absolute Gasteiger partial charge is 0.309 e. The average Bonchev–Trinajstić information content (AvgIpc) is 2.96. The van der Waals surface area contributed by atoms with Crippen LogP contribution in [0.15, 0.2) is 66.9 Å². The molecule has 1 heterocycles. The summed E-state index contributed by atoms with van der Waals surface area (Å²) in [6.45, 7) is 0. The van der Waals surface area contributed by atoms with Crippen molar-refractivity contribution in [1.82, 2.24) is 9.78 Å². The molecule has 1 amide bonds. The zero-order valence-corrected chi connectivity index (χ0v) is 11.7. The Morgan fingerprint density at radius 2 is 1.91 bits per heavy atom. The highest BCUT2D eigenvalue weighted by Gasteiger charge is 2.07. The molecule has 110 valence electrons. The van der Waals surface area contributed by atoms with Crippen molar-refractivity contribution in [3.05, 3.63) is 78.2 Å². The van der Waals surface area contributed by atoms with Crippen LogP contribution >= 0.6 is 0 Å². The van der Waals surface area contributed by atoms with Gasteiger partial charge in [-0.05, 0) is 29.8 Å². The first-order chi connectivity index (χ1) is 10.7. The van der Waals surface area contributed by atoms with Gasteiger partial charge in [0.1, 0.15) is 5.82 Å². The van der Waals surface area contributed by atoms with E-state index in [0.717, 1.165) is 5.69 Å². The van der Waals surface area contributed by atoms with Gasteiger partial charge in [0.05, 0.1) is 12.1 Å². The second-order valence-electron chi connectivity index (χ2n) is 4.84. The van der Waals surface area contributed by atoms with Gasteiger partial charge in [-0.25, -0.2) is 9.07 Å². The number of halogens is 1. The second-order valence-corrected chi connectivity index (χ2v) is 4.84. The van der Waals surface area contributed by atoms with Gasteiger partial charge in [-0.2, -0.15) is 5.10 Å². The lowest BCUT2D eigenvalue weighted by Gasteiger charge is -2.03. The molecule has 22 heavy (non-hydrogen) atoms. The summed E-state index contributed by atoms with van der Waals surface area (Å²) in [5.74, 6) is -0.118. The SMILES string of the molecule is O=C(Cc1cccc(F)c1)Nc1ccn(-c2ccccc2)n1. The van der Waals surface area contributed by atoms with E-state index in [1.807, 2.05) is 30.3 Å². The van der Waals surface area contributed by atoms with Gasteiger partial charge in [0.2, 0.25) is 5.91 Å². The zero-order valence-electron chi connectivity index (χ0n) is 11.7. The van der Waals surface area contributed by atoms with Gasteiger partial charge in [0, 0.05) is 12.3 Å². The Labute approximate surface area is 127 Å². The van der Waals surface area contributed by atoms with Crippen molar-refractivity contribution in [3.8, 4) is 5.69 Å².